The van der Waals surface area contributed by atoms with Crippen molar-refractivity contribution in [3.8, 4) is 0 Å². The fourth-order valence-corrected chi connectivity index (χ4v) is 1.50. The summed E-state index contributed by atoms with van der Waals surface area (Å²) in [6.07, 6.45) is 0. The van der Waals surface area contributed by atoms with Crippen LogP contribution in [-0.4, -0.2) is 0 Å². The smallest absolute Gasteiger partial charge is 0.0511 e. The van der Waals surface area contributed by atoms with E-state index in [0.29, 0.717) is 0 Å². The van der Waals surface area contributed by atoms with E-state index in [1.165, 1.54) is 0 Å². The topological polar surface area (TPSA) is 0 Å². The first kappa shape index (κ1) is 3.55. The highest BCUT2D eigenvalue weighted by Gasteiger charge is 2.21. The van der Waals surface area contributed by atoms with Crippen LogP contribution in [0.15, 0.2) is 90.6 Å². The molecule has 0 unspecified atom stereocenters. The summed E-state index contributed by atoms with van der Waals surface area (Å²) in [5.41, 5.74) is -1.99. The predicted molar refractivity (Wildman–Crippen MR) is 79.9 cm³/mol. The lowest BCUT2D eigenvalue weighted by atomic mass is 9.85. The van der Waals surface area contributed by atoms with Gasteiger partial charge in [-0.15, -0.1) is 0 Å². The molecule has 0 spiro atoms. The minimum Gasteiger partial charge on any atom is -0.0511 e. The maximum Gasteiger partial charge on any atom is 0.101 e. The maximum absolute atomic E-state index is 8.35. The Morgan fingerprint density at radius 1 is 0.474 bits per heavy atom. The number of rotatable bonds is 3. The first-order valence-corrected chi connectivity index (χ1v) is 5.25. The average molecular weight is 258 g/mol. The van der Waals surface area contributed by atoms with Gasteiger partial charge in [0.15, 0.2) is 0 Å². The zero-order chi connectivity index (χ0) is 26.0. The summed E-state index contributed by atoms with van der Waals surface area (Å²) in [6, 6.07) is -12.2. The maximum atomic E-state index is 8.35. The lowest BCUT2D eigenvalue weighted by Crippen LogP contribution is -2.03. The van der Waals surface area contributed by atoms with Gasteiger partial charge in [-0.2, -0.15) is 0 Å². The van der Waals surface area contributed by atoms with E-state index in [1.807, 2.05) is 0 Å². The molecule has 0 saturated heterocycles. The Morgan fingerprint density at radius 3 is 1.00 bits per heavy atom. The van der Waals surface area contributed by atoms with E-state index >= 15 is 0 Å². The van der Waals surface area contributed by atoms with Crippen LogP contribution in [0.1, 0.15) is 37.3 Å². The average Bonchev–Trinajstić information content (AvgIpc) is 2.81. The lowest BCUT2D eigenvalue weighted by molar-refractivity contribution is 1.23. The SMILES string of the molecule is [2H]c1c([2H])c([2H])c([C+](c2c([2H])c([2H])c([2H])c([2H])c2[2H])c2c([2H])c([2H])c([2H])c([2H])c2[2H])c([2H])c1[2H]. The molecule has 3 aromatic rings. The van der Waals surface area contributed by atoms with Gasteiger partial charge in [0.05, 0.1) is 34.9 Å². The molecule has 0 N–H and O–H groups in total. The van der Waals surface area contributed by atoms with Crippen LogP contribution in [0.2, 0.25) is 0 Å². The van der Waals surface area contributed by atoms with Gasteiger partial charge >= 0.3 is 0 Å². The fourth-order valence-electron chi connectivity index (χ4n) is 1.50. The van der Waals surface area contributed by atoms with Gasteiger partial charge in [0.1, 0.15) is 8.22 Å². The van der Waals surface area contributed by atoms with E-state index in [2.05, 4.69) is 0 Å². The molecule has 0 bridgehead atoms. The second kappa shape index (κ2) is 5.45. The van der Waals surface area contributed by atoms with Crippen LogP contribution in [0, 0.1) is 5.92 Å². The molecule has 0 aliphatic carbocycles. The quantitative estimate of drug-likeness (QED) is 0.471. The molecule has 3 aromatic carbocycles. The van der Waals surface area contributed by atoms with Gasteiger partial charge in [-0.25, -0.2) is 0 Å². The van der Waals surface area contributed by atoms with Crippen molar-refractivity contribution < 1.29 is 20.6 Å². The standard InChI is InChI=1S/C19H15/c1-4-10-16(11-5-1)19(17-12-6-2-7-13-17)18-14-8-3-9-15-18/h1-15H/q+1/i1D,2D,3D,4D,5D,6D,7D,8D,9D,10D,11D,12D,13D,14D,15D. The highest BCUT2D eigenvalue weighted by atomic mass is 14.2. The van der Waals surface area contributed by atoms with E-state index in [-0.39, 0.29) is 0 Å². The van der Waals surface area contributed by atoms with Gasteiger partial charge in [-0.05, 0) is 72.5 Å². The summed E-state index contributed by atoms with van der Waals surface area (Å²) >= 11 is 0. The lowest BCUT2D eigenvalue weighted by Gasteiger charge is -2.12. The van der Waals surface area contributed by atoms with Crippen molar-refractivity contribution in [3.63, 3.8) is 0 Å². The minimum atomic E-state index is -0.834. The van der Waals surface area contributed by atoms with Gasteiger partial charge in [0, 0.05) is 0 Å². The van der Waals surface area contributed by atoms with Gasteiger partial charge in [-0.3, -0.25) is 0 Å². The van der Waals surface area contributed by atoms with Gasteiger partial charge in [0.25, 0.3) is 0 Å². The molecule has 0 saturated carbocycles. The second-order valence-corrected chi connectivity index (χ2v) is 3.38. The molecule has 0 atom stereocenters. The van der Waals surface area contributed by atoms with Crippen LogP contribution in [0.5, 0.6) is 0 Å². The zero-order valence-electron chi connectivity index (χ0n) is 24.5. The third kappa shape index (κ3) is 2.53. The molecular weight excluding hydrogens is 228 g/mol. The molecular formula is C19H15+. The predicted octanol–water partition coefficient (Wildman–Crippen LogP) is 4.71. The second-order valence-electron chi connectivity index (χ2n) is 3.38. The van der Waals surface area contributed by atoms with Crippen molar-refractivity contribution in [2.45, 2.75) is 0 Å². The first-order valence-electron chi connectivity index (χ1n) is 12.8. The zero-order valence-corrected chi connectivity index (χ0v) is 9.50. The van der Waals surface area contributed by atoms with Crippen molar-refractivity contribution in [2.75, 3.05) is 0 Å². The highest BCUT2D eigenvalue weighted by molar-refractivity contribution is 5.56. The molecule has 0 fully saturated rings. The molecule has 0 amide bonds. The summed E-state index contributed by atoms with van der Waals surface area (Å²) in [6.45, 7) is 0. The Hall–Kier alpha value is -2.47. The van der Waals surface area contributed by atoms with Crippen LogP contribution in [0.4, 0.5) is 0 Å². The Morgan fingerprint density at radius 2 is 0.737 bits per heavy atom. The van der Waals surface area contributed by atoms with Crippen molar-refractivity contribution in [1.29, 1.82) is 0 Å². The first-order chi connectivity index (χ1) is 15.7. The molecule has 90 valence electrons. The van der Waals surface area contributed by atoms with Crippen molar-refractivity contribution in [2.24, 2.45) is 0 Å². The highest BCUT2D eigenvalue weighted by Crippen LogP contribution is 2.30. The van der Waals surface area contributed by atoms with Crippen molar-refractivity contribution in [3.05, 3.63) is 113 Å². The molecule has 3 rings (SSSR count). The summed E-state index contributed by atoms with van der Waals surface area (Å²) in [4.78, 5) is 0. The van der Waals surface area contributed by atoms with Crippen LogP contribution < -0.4 is 0 Å². The van der Waals surface area contributed by atoms with Crippen LogP contribution in [0.25, 0.3) is 0 Å². The van der Waals surface area contributed by atoms with Crippen LogP contribution in [0.3, 0.4) is 0 Å². The third-order valence-electron chi connectivity index (χ3n) is 2.25. The van der Waals surface area contributed by atoms with Gasteiger partial charge in [-0.1, -0.05) is 18.1 Å². The molecule has 0 aliphatic rings. The Kier molecular flexibility index (Phi) is 1.02. The van der Waals surface area contributed by atoms with Crippen LogP contribution >= 0.6 is 0 Å². The fraction of sp³-hybridized carbons (Fsp3) is 0. The van der Waals surface area contributed by atoms with E-state index in [9.17, 15) is 0 Å². The molecule has 19 heavy (non-hydrogen) atoms. The van der Waals surface area contributed by atoms with Crippen LogP contribution in [-0.2, 0) is 0 Å². The minimum absolute atomic E-state index is 0.661. The molecule has 0 aromatic heterocycles. The van der Waals surface area contributed by atoms with Gasteiger partial charge < -0.3 is 0 Å². The van der Waals surface area contributed by atoms with E-state index in [0.717, 1.165) is 0 Å². The van der Waals surface area contributed by atoms with E-state index in [1.54, 1.807) is 0 Å². The Balaban J connectivity index is 2.68. The number of hydrogen-bond acceptors (Lipinski definition) is 0. The molecule has 0 heteroatoms. The summed E-state index contributed by atoms with van der Waals surface area (Å²) in [7, 11) is 0. The van der Waals surface area contributed by atoms with E-state index < -0.39 is 113 Å². The molecule has 0 heterocycles. The Bertz CT molecular complexity index is 1110. The number of hydrogen-bond donors (Lipinski definition) is 0. The van der Waals surface area contributed by atoms with Gasteiger partial charge in [0.2, 0.25) is 0 Å². The van der Waals surface area contributed by atoms with Crippen molar-refractivity contribution >= 4 is 0 Å². The van der Waals surface area contributed by atoms with E-state index in [4.69, 9.17) is 20.6 Å². The summed E-state index contributed by atoms with van der Waals surface area (Å²) < 4.78 is 121. The summed E-state index contributed by atoms with van der Waals surface area (Å²) in [5.74, 6) is -0.661. The molecule has 0 radical (unpaired) electrons. The summed E-state index contributed by atoms with van der Waals surface area (Å²) in [5, 5.41) is 0. The monoisotopic (exact) mass is 258 g/mol. The third-order valence-corrected chi connectivity index (χ3v) is 2.25. The molecule has 0 nitrogen and oxygen atoms in total. The number of benzene rings is 3. The molecule has 0 aliphatic heterocycles. The van der Waals surface area contributed by atoms with Crippen molar-refractivity contribution in [1.82, 2.24) is 0 Å². The largest absolute Gasteiger partial charge is 0.101 e. The Labute approximate surface area is 135 Å². The normalized spacial score (nSPS) is 21.2.